The van der Waals surface area contributed by atoms with Crippen molar-refractivity contribution in [1.82, 2.24) is 20.2 Å². The molecule has 0 saturated heterocycles. The fourth-order valence-corrected chi connectivity index (χ4v) is 5.16. The molecule has 0 bridgehead atoms. The van der Waals surface area contributed by atoms with Crippen LogP contribution in [-0.2, 0) is 12.2 Å². The number of H-pyrrole nitrogens is 1. The quantitative estimate of drug-likeness (QED) is 0.282. The van der Waals surface area contributed by atoms with Gasteiger partial charge >= 0.3 is 0 Å². The van der Waals surface area contributed by atoms with Gasteiger partial charge in [-0.2, -0.15) is 5.10 Å². The predicted octanol–water partition coefficient (Wildman–Crippen LogP) is 5.61. The maximum absolute atomic E-state index is 13.1. The third kappa shape index (κ3) is 4.70. The van der Waals surface area contributed by atoms with Gasteiger partial charge in [0, 0.05) is 40.9 Å². The molecule has 1 aliphatic rings. The van der Waals surface area contributed by atoms with Crippen LogP contribution < -0.4 is 5.32 Å². The molecule has 1 aromatic carbocycles. The number of nitrogens with one attached hydrogen (secondary N) is 2. The highest BCUT2D eigenvalue weighted by atomic mass is 32.2. The van der Waals surface area contributed by atoms with Crippen LogP contribution in [0.25, 0.3) is 11.0 Å². The highest BCUT2D eigenvalue weighted by Crippen LogP contribution is 2.32. The summed E-state index contributed by atoms with van der Waals surface area (Å²) in [6, 6.07) is 11.4. The van der Waals surface area contributed by atoms with Crippen molar-refractivity contribution in [1.29, 1.82) is 0 Å². The number of hydrogen-bond donors (Lipinski definition) is 2. The number of nitrogens with zero attached hydrogens (tertiary/aromatic N) is 3. The molecule has 1 aliphatic carbocycles. The summed E-state index contributed by atoms with van der Waals surface area (Å²) < 4.78 is 5.95. The number of para-hydroxylation sites is 1. The lowest BCUT2D eigenvalue weighted by molar-refractivity contribution is 0.0997. The molecule has 0 spiro atoms. The third-order valence-electron chi connectivity index (χ3n) is 5.90. The molecule has 164 valence electrons. The maximum Gasteiger partial charge on any atom is 0.292 e. The topological polar surface area (TPSA) is 96.7 Å². The van der Waals surface area contributed by atoms with Crippen LogP contribution in [0.2, 0.25) is 0 Å². The summed E-state index contributed by atoms with van der Waals surface area (Å²) in [7, 11) is 0. The first kappa shape index (κ1) is 20.8. The van der Waals surface area contributed by atoms with Crippen LogP contribution in [0.4, 0.5) is 5.82 Å². The number of thioether (sulfide) groups is 1. The van der Waals surface area contributed by atoms with Gasteiger partial charge in [-0.25, -0.2) is 9.97 Å². The van der Waals surface area contributed by atoms with Crippen molar-refractivity contribution in [3.05, 3.63) is 65.8 Å². The van der Waals surface area contributed by atoms with Gasteiger partial charge in [0.2, 0.25) is 0 Å². The molecule has 1 amide bonds. The van der Waals surface area contributed by atoms with Gasteiger partial charge in [-0.1, -0.05) is 62.1 Å². The second-order valence-electron chi connectivity index (χ2n) is 8.17. The third-order valence-corrected chi connectivity index (χ3v) is 6.80. The molecule has 0 aliphatic heterocycles. The zero-order valence-corrected chi connectivity index (χ0v) is 18.5. The van der Waals surface area contributed by atoms with Crippen molar-refractivity contribution < 1.29 is 9.21 Å². The smallest absolute Gasteiger partial charge is 0.292 e. The largest absolute Gasteiger partial charge is 0.451 e. The van der Waals surface area contributed by atoms with Gasteiger partial charge < -0.3 is 9.73 Å². The molecule has 4 aromatic rings. The van der Waals surface area contributed by atoms with Crippen LogP contribution in [0.1, 0.15) is 53.9 Å². The molecule has 1 saturated carbocycles. The van der Waals surface area contributed by atoms with Crippen molar-refractivity contribution in [2.75, 3.05) is 5.32 Å². The Balaban J connectivity index is 1.33. The lowest BCUT2D eigenvalue weighted by atomic mass is 9.86. The first-order valence-corrected chi connectivity index (χ1v) is 12.0. The molecule has 8 heteroatoms. The fourth-order valence-electron chi connectivity index (χ4n) is 4.33. The average molecular weight is 448 g/mol. The number of fused-ring (bicyclic) bond motifs is 1. The Hall–Kier alpha value is -3.13. The van der Waals surface area contributed by atoms with E-state index in [1.54, 1.807) is 18.5 Å². The summed E-state index contributed by atoms with van der Waals surface area (Å²) in [5.74, 6) is 1.74. The van der Waals surface area contributed by atoms with E-state index in [0.29, 0.717) is 34.0 Å². The van der Waals surface area contributed by atoms with Gasteiger partial charge in [-0.15, -0.1) is 0 Å². The van der Waals surface area contributed by atoms with Crippen LogP contribution in [0.3, 0.4) is 0 Å². The van der Waals surface area contributed by atoms with Crippen LogP contribution in [0.5, 0.6) is 0 Å². The van der Waals surface area contributed by atoms with Gasteiger partial charge in [0.05, 0.1) is 0 Å². The van der Waals surface area contributed by atoms with Crippen molar-refractivity contribution in [3.8, 4) is 0 Å². The standard InChI is InChI=1S/C24H25N5O2S/c30-23(27-21-14-17(28-29-21)13-16-7-2-1-3-8-16)22-19(15-32-24-25-11-6-12-26-24)18-9-4-5-10-20(18)31-22/h4-6,9-12,14,16H,1-3,7-8,13,15H2,(H2,27,28,29,30). The van der Waals surface area contributed by atoms with Crippen LogP contribution >= 0.6 is 11.8 Å². The molecule has 0 radical (unpaired) electrons. The number of aromatic amines is 1. The fraction of sp³-hybridized carbons (Fsp3) is 0.333. The van der Waals surface area contributed by atoms with E-state index in [-0.39, 0.29) is 5.91 Å². The number of amides is 1. The van der Waals surface area contributed by atoms with Crippen LogP contribution in [0, 0.1) is 5.92 Å². The normalized spacial score (nSPS) is 14.6. The van der Waals surface area contributed by atoms with Crippen molar-refractivity contribution in [2.45, 2.75) is 49.4 Å². The molecule has 2 N–H and O–H groups in total. The Morgan fingerprint density at radius 1 is 1.12 bits per heavy atom. The Morgan fingerprint density at radius 2 is 1.94 bits per heavy atom. The summed E-state index contributed by atoms with van der Waals surface area (Å²) >= 11 is 1.47. The monoisotopic (exact) mass is 447 g/mol. The van der Waals surface area contributed by atoms with E-state index in [1.807, 2.05) is 30.3 Å². The number of benzene rings is 1. The maximum atomic E-state index is 13.1. The molecule has 0 unspecified atom stereocenters. The molecule has 32 heavy (non-hydrogen) atoms. The first-order valence-electron chi connectivity index (χ1n) is 11.0. The lowest BCUT2D eigenvalue weighted by Crippen LogP contribution is -2.13. The number of carbonyl (C=O) groups is 1. The van der Waals surface area contributed by atoms with E-state index >= 15 is 0 Å². The van der Waals surface area contributed by atoms with Crippen LogP contribution in [-0.4, -0.2) is 26.1 Å². The average Bonchev–Trinajstić information content (AvgIpc) is 3.43. The molecular formula is C24H25N5O2S. The summed E-state index contributed by atoms with van der Waals surface area (Å²) in [4.78, 5) is 21.6. The second-order valence-corrected chi connectivity index (χ2v) is 9.11. The number of anilines is 1. The van der Waals surface area contributed by atoms with Gasteiger partial charge in [0.1, 0.15) is 5.58 Å². The molecule has 3 heterocycles. The SMILES string of the molecule is O=C(Nc1cc(CC2CCCCC2)[nH]n1)c1oc2ccccc2c1CSc1ncccn1. The van der Waals surface area contributed by atoms with Gasteiger partial charge in [0.15, 0.2) is 16.7 Å². The van der Waals surface area contributed by atoms with E-state index in [9.17, 15) is 4.79 Å². The summed E-state index contributed by atoms with van der Waals surface area (Å²) in [6.07, 6.45) is 10.9. The highest BCUT2D eigenvalue weighted by Gasteiger charge is 2.22. The van der Waals surface area contributed by atoms with E-state index in [2.05, 4.69) is 25.5 Å². The summed E-state index contributed by atoms with van der Waals surface area (Å²) in [6.45, 7) is 0. The summed E-state index contributed by atoms with van der Waals surface area (Å²) in [5.41, 5.74) is 2.57. The zero-order valence-electron chi connectivity index (χ0n) is 17.7. The van der Waals surface area contributed by atoms with E-state index in [1.165, 1.54) is 43.9 Å². The number of carbonyl (C=O) groups excluding carboxylic acids is 1. The Bertz CT molecular complexity index is 1200. The summed E-state index contributed by atoms with van der Waals surface area (Å²) in [5, 5.41) is 11.9. The molecule has 0 atom stereocenters. The van der Waals surface area contributed by atoms with E-state index < -0.39 is 0 Å². The number of hydrogen-bond acceptors (Lipinski definition) is 6. The second kappa shape index (κ2) is 9.56. The Morgan fingerprint density at radius 3 is 2.78 bits per heavy atom. The van der Waals surface area contributed by atoms with Crippen molar-refractivity contribution >= 4 is 34.5 Å². The van der Waals surface area contributed by atoms with Gasteiger partial charge in [-0.3, -0.25) is 9.89 Å². The minimum absolute atomic E-state index is 0.298. The highest BCUT2D eigenvalue weighted by molar-refractivity contribution is 7.98. The van der Waals surface area contributed by atoms with Crippen molar-refractivity contribution in [3.63, 3.8) is 0 Å². The minimum atomic E-state index is -0.304. The van der Waals surface area contributed by atoms with Crippen LogP contribution in [0.15, 0.2) is 58.4 Å². The number of rotatable bonds is 7. The zero-order chi connectivity index (χ0) is 21.8. The number of furan rings is 1. The Labute approximate surface area is 190 Å². The van der Waals surface area contributed by atoms with Gasteiger partial charge in [0.25, 0.3) is 5.91 Å². The minimum Gasteiger partial charge on any atom is -0.451 e. The number of aromatic nitrogens is 4. The van der Waals surface area contributed by atoms with E-state index in [0.717, 1.165) is 23.1 Å². The first-order chi connectivity index (χ1) is 15.8. The lowest BCUT2D eigenvalue weighted by Gasteiger charge is -2.20. The Kier molecular flexibility index (Phi) is 6.20. The molecule has 7 nitrogen and oxygen atoms in total. The molecule has 5 rings (SSSR count). The molecular weight excluding hydrogens is 422 g/mol. The molecule has 3 aromatic heterocycles. The van der Waals surface area contributed by atoms with Crippen molar-refractivity contribution in [2.24, 2.45) is 5.92 Å². The van der Waals surface area contributed by atoms with Gasteiger partial charge in [-0.05, 0) is 24.5 Å². The molecule has 1 fully saturated rings. The van der Waals surface area contributed by atoms with E-state index in [4.69, 9.17) is 4.42 Å². The predicted molar refractivity (Wildman–Crippen MR) is 125 cm³/mol.